The Balaban J connectivity index is 2.87. The van der Waals surface area contributed by atoms with Crippen molar-refractivity contribution in [3.05, 3.63) is 28.8 Å². The zero-order chi connectivity index (χ0) is 10.6. The van der Waals surface area contributed by atoms with E-state index in [4.69, 9.17) is 17.3 Å². The predicted molar refractivity (Wildman–Crippen MR) is 62.4 cm³/mol. The number of rotatable bonds is 3. The fourth-order valence-corrected chi connectivity index (χ4v) is 1.30. The quantitative estimate of drug-likeness (QED) is 0.603. The van der Waals surface area contributed by atoms with Crippen LogP contribution in [-0.2, 0) is 0 Å². The lowest BCUT2D eigenvalue weighted by Gasteiger charge is -2.01. The maximum absolute atomic E-state index is 5.96. The smallest absolute Gasteiger partial charge is 0.0996 e. The van der Waals surface area contributed by atoms with E-state index in [-0.39, 0.29) is 0 Å². The van der Waals surface area contributed by atoms with Gasteiger partial charge in [-0.05, 0) is 31.0 Å². The average molecular weight is 211 g/mol. The highest BCUT2D eigenvalue weighted by Gasteiger charge is 1.97. The summed E-state index contributed by atoms with van der Waals surface area (Å²) in [6.45, 7) is 4.04. The van der Waals surface area contributed by atoms with Crippen LogP contribution in [0.1, 0.15) is 25.3 Å². The normalized spacial score (nSPS) is 11.8. The minimum absolute atomic E-state index is 0.660. The molecule has 0 amide bonds. The van der Waals surface area contributed by atoms with Gasteiger partial charge in [0.15, 0.2) is 0 Å². The van der Waals surface area contributed by atoms with Crippen molar-refractivity contribution in [1.29, 1.82) is 0 Å². The van der Waals surface area contributed by atoms with E-state index in [0.29, 0.717) is 5.84 Å². The van der Waals surface area contributed by atoms with Crippen molar-refractivity contribution in [3.63, 3.8) is 0 Å². The van der Waals surface area contributed by atoms with Gasteiger partial charge >= 0.3 is 0 Å². The maximum Gasteiger partial charge on any atom is 0.0996 e. The number of nitrogens with zero attached hydrogens (tertiary/aromatic N) is 1. The number of halogens is 1. The third-order valence-electron chi connectivity index (χ3n) is 1.93. The molecule has 0 heterocycles. The van der Waals surface area contributed by atoms with Gasteiger partial charge < -0.3 is 5.73 Å². The van der Waals surface area contributed by atoms with Gasteiger partial charge in [0.05, 0.1) is 11.5 Å². The van der Waals surface area contributed by atoms with Crippen molar-refractivity contribution >= 4 is 23.1 Å². The standard InChI is InChI=1S/C11H15ClN2/c1-3-4-11(13)14-9-6-5-8(2)10(12)7-9/h5-7H,3-4H2,1-2H3,(H2,13,14). The molecule has 0 radical (unpaired) electrons. The molecular weight excluding hydrogens is 196 g/mol. The first-order chi connectivity index (χ1) is 6.63. The monoisotopic (exact) mass is 210 g/mol. The molecule has 14 heavy (non-hydrogen) atoms. The van der Waals surface area contributed by atoms with Gasteiger partial charge in [-0.25, -0.2) is 4.99 Å². The van der Waals surface area contributed by atoms with Gasteiger partial charge in [-0.2, -0.15) is 0 Å². The van der Waals surface area contributed by atoms with Crippen LogP contribution in [0.3, 0.4) is 0 Å². The topological polar surface area (TPSA) is 38.4 Å². The third-order valence-corrected chi connectivity index (χ3v) is 2.34. The molecule has 2 nitrogen and oxygen atoms in total. The number of amidine groups is 1. The zero-order valence-corrected chi connectivity index (χ0v) is 9.30. The van der Waals surface area contributed by atoms with Crippen LogP contribution in [0.4, 0.5) is 5.69 Å². The van der Waals surface area contributed by atoms with E-state index in [0.717, 1.165) is 29.1 Å². The Labute approximate surface area is 89.8 Å². The van der Waals surface area contributed by atoms with Gasteiger partial charge in [-0.15, -0.1) is 0 Å². The summed E-state index contributed by atoms with van der Waals surface area (Å²) in [6, 6.07) is 5.70. The number of hydrogen-bond donors (Lipinski definition) is 1. The lowest BCUT2D eigenvalue weighted by Crippen LogP contribution is -2.09. The molecule has 0 bridgehead atoms. The molecule has 0 aliphatic carbocycles. The second-order valence-corrected chi connectivity index (χ2v) is 3.69. The molecule has 0 saturated carbocycles. The van der Waals surface area contributed by atoms with Crippen LogP contribution in [0.15, 0.2) is 23.2 Å². The first-order valence-electron chi connectivity index (χ1n) is 4.72. The molecule has 0 aliphatic heterocycles. The molecular formula is C11H15ClN2. The first kappa shape index (κ1) is 11.1. The van der Waals surface area contributed by atoms with Crippen LogP contribution in [0.25, 0.3) is 0 Å². The van der Waals surface area contributed by atoms with Crippen LogP contribution in [-0.4, -0.2) is 5.84 Å². The molecule has 0 saturated heterocycles. The van der Waals surface area contributed by atoms with Gasteiger partial charge in [-0.1, -0.05) is 24.6 Å². The third kappa shape index (κ3) is 3.04. The second-order valence-electron chi connectivity index (χ2n) is 3.29. The zero-order valence-electron chi connectivity index (χ0n) is 8.55. The van der Waals surface area contributed by atoms with Crippen LogP contribution in [0, 0.1) is 6.92 Å². The molecule has 0 atom stereocenters. The number of hydrogen-bond acceptors (Lipinski definition) is 1. The molecule has 1 rings (SSSR count). The fraction of sp³-hybridized carbons (Fsp3) is 0.364. The van der Waals surface area contributed by atoms with Crippen molar-refractivity contribution in [2.24, 2.45) is 10.7 Å². The van der Waals surface area contributed by atoms with E-state index < -0.39 is 0 Å². The fourth-order valence-electron chi connectivity index (χ4n) is 1.13. The van der Waals surface area contributed by atoms with Gasteiger partial charge in [0.1, 0.15) is 0 Å². The SMILES string of the molecule is CCCC(N)=Nc1ccc(C)c(Cl)c1. The van der Waals surface area contributed by atoms with E-state index in [2.05, 4.69) is 11.9 Å². The molecule has 0 fully saturated rings. The molecule has 3 heteroatoms. The molecule has 0 aromatic heterocycles. The highest BCUT2D eigenvalue weighted by molar-refractivity contribution is 6.31. The average Bonchev–Trinajstić information content (AvgIpc) is 2.12. The Bertz CT molecular complexity index is 345. The molecule has 0 unspecified atom stereocenters. The highest BCUT2D eigenvalue weighted by atomic mass is 35.5. The second kappa shape index (κ2) is 5.01. The number of benzene rings is 1. The van der Waals surface area contributed by atoms with Crippen LogP contribution < -0.4 is 5.73 Å². The minimum Gasteiger partial charge on any atom is -0.387 e. The molecule has 0 aliphatic rings. The van der Waals surface area contributed by atoms with Crippen molar-refractivity contribution in [3.8, 4) is 0 Å². The molecule has 0 spiro atoms. The summed E-state index contributed by atoms with van der Waals surface area (Å²) in [5.74, 6) is 0.660. The Kier molecular flexibility index (Phi) is 3.96. The highest BCUT2D eigenvalue weighted by Crippen LogP contribution is 2.22. The predicted octanol–water partition coefficient (Wildman–Crippen LogP) is 3.44. The summed E-state index contributed by atoms with van der Waals surface area (Å²) in [6.07, 6.45) is 1.83. The summed E-state index contributed by atoms with van der Waals surface area (Å²) >= 11 is 5.96. The van der Waals surface area contributed by atoms with Crippen molar-refractivity contribution in [1.82, 2.24) is 0 Å². The van der Waals surface area contributed by atoms with Gasteiger partial charge in [0.25, 0.3) is 0 Å². The lowest BCUT2D eigenvalue weighted by molar-refractivity contribution is 0.983. The van der Waals surface area contributed by atoms with E-state index in [9.17, 15) is 0 Å². The summed E-state index contributed by atoms with van der Waals surface area (Å²) in [5.41, 5.74) is 7.59. The van der Waals surface area contributed by atoms with E-state index in [1.807, 2.05) is 25.1 Å². The summed E-state index contributed by atoms with van der Waals surface area (Å²) < 4.78 is 0. The van der Waals surface area contributed by atoms with Gasteiger partial charge in [0, 0.05) is 11.4 Å². The van der Waals surface area contributed by atoms with Crippen molar-refractivity contribution in [2.45, 2.75) is 26.7 Å². The number of nitrogens with two attached hydrogens (primary N) is 1. The Morgan fingerprint density at radius 3 is 2.79 bits per heavy atom. The van der Waals surface area contributed by atoms with Gasteiger partial charge in [0.2, 0.25) is 0 Å². The van der Waals surface area contributed by atoms with Crippen LogP contribution in [0.5, 0.6) is 0 Å². The van der Waals surface area contributed by atoms with Crippen LogP contribution >= 0.6 is 11.6 Å². The first-order valence-corrected chi connectivity index (χ1v) is 5.10. The summed E-state index contributed by atoms with van der Waals surface area (Å²) in [5, 5.41) is 0.732. The summed E-state index contributed by atoms with van der Waals surface area (Å²) in [4.78, 5) is 4.26. The maximum atomic E-state index is 5.96. The number of aliphatic imine (C=N–C) groups is 1. The Morgan fingerprint density at radius 1 is 1.50 bits per heavy atom. The largest absolute Gasteiger partial charge is 0.387 e. The molecule has 1 aromatic rings. The number of aryl methyl sites for hydroxylation is 1. The van der Waals surface area contributed by atoms with E-state index >= 15 is 0 Å². The minimum atomic E-state index is 0.660. The van der Waals surface area contributed by atoms with Crippen molar-refractivity contribution in [2.75, 3.05) is 0 Å². The molecule has 2 N–H and O–H groups in total. The molecule has 76 valence electrons. The van der Waals surface area contributed by atoms with E-state index in [1.165, 1.54) is 0 Å². The van der Waals surface area contributed by atoms with E-state index in [1.54, 1.807) is 0 Å². The summed E-state index contributed by atoms with van der Waals surface area (Å²) in [7, 11) is 0. The lowest BCUT2D eigenvalue weighted by atomic mass is 10.2. The van der Waals surface area contributed by atoms with Gasteiger partial charge in [-0.3, -0.25) is 0 Å². The Morgan fingerprint density at radius 2 is 2.21 bits per heavy atom. The Hall–Kier alpha value is -1.02. The van der Waals surface area contributed by atoms with Crippen LogP contribution in [0.2, 0.25) is 5.02 Å². The molecule has 1 aromatic carbocycles. The van der Waals surface area contributed by atoms with Crippen molar-refractivity contribution < 1.29 is 0 Å².